The lowest BCUT2D eigenvalue weighted by molar-refractivity contribution is -0.385. The molecule has 2 heterocycles. The minimum Gasteiger partial charge on any atom is -0.276 e. The van der Waals surface area contributed by atoms with Crippen molar-refractivity contribution in [2.45, 2.75) is 6.92 Å². The first kappa shape index (κ1) is 17.8. The van der Waals surface area contributed by atoms with Crippen LogP contribution in [-0.4, -0.2) is 20.7 Å². The third-order valence-electron chi connectivity index (χ3n) is 3.43. The van der Waals surface area contributed by atoms with E-state index in [1.54, 1.807) is 18.3 Å². The molecule has 0 bridgehead atoms. The predicted molar refractivity (Wildman–Crippen MR) is 101 cm³/mol. The first-order valence-corrected chi connectivity index (χ1v) is 7.96. The Hall–Kier alpha value is -4.01. The second-order valence-corrected chi connectivity index (χ2v) is 5.46. The molecule has 0 aliphatic carbocycles. The molecule has 0 spiro atoms. The average Bonchev–Trinajstić information content (AvgIpc) is 2.70. The van der Waals surface area contributed by atoms with Crippen LogP contribution in [0.3, 0.4) is 0 Å². The van der Waals surface area contributed by atoms with Crippen LogP contribution in [0.5, 0.6) is 0 Å². The average molecular weight is 361 g/mol. The van der Waals surface area contributed by atoms with Crippen molar-refractivity contribution >= 4 is 23.0 Å². The number of anilines is 1. The monoisotopic (exact) mass is 361 g/mol. The summed E-state index contributed by atoms with van der Waals surface area (Å²) in [5, 5.41) is 23.0. The first-order valence-electron chi connectivity index (χ1n) is 7.96. The molecular formula is C18H15N7O2. The molecule has 0 fully saturated rings. The highest BCUT2D eigenvalue weighted by atomic mass is 16.6. The number of amidine groups is 1. The molecule has 1 aromatic carbocycles. The smallest absolute Gasteiger partial charge is 0.276 e. The van der Waals surface area contributed by atoms with Crippen LogP contribution >= 0.6 is 0 Å². The fourth-order valence-electron chi connectivity index (χ4n) is 2.02. The summed E-state index contributed by atoms with van der Waals surface area (Å²) in [6, 6.07) is 15.8. The maximum atomic E-state index is 10.7. The van der Waals surface area contributed by atoms with Crippen molar-refractivity contribution in [3.63, 3.8) is 0 Å². The van der Waals surface area contributed by atoms with E-state index in [0.29, 0.717) is 5.69 Å². The van der Waals surface area contributed by atoms with Crippen molar-refractivity contribution in [3.8, 4) is 0 Å². The number of azo groups is 1. The zero-order valence-electron chi connectivity index (χ0n) is 14.4. The first-order chi connectivity index (χ1) is 13.1. The van der Waals surface area contributed by atoms with E-state index in [1.807, 2.05) is 37.3 Å². The van der Waals surface area contributed by atoms with Gasteiger partial charge in [0.2, 0.25) is 5.84 Å². The number of pyridine rings is 2. The number of hydrogen-bond donors (Lipinski definition) is 1. The van der Waals surface area contributed by atoms with Gasteiger partial charge in [0, 0.05) is 12.3 Å². The topological polar surface area (TPSA) is 118 Å². The van der Waals surface area contributed by atoms with Gasteiger partial charge in [-0.05, 0) is 37.3 Å². The van der Waals surface area contributed by atoms with Crippen LogP contribution in [0.1, 0.15) is 11.3 Å². The van der Waals surface area contributed by atoms with Gasteiger partial charge in [-0.25, -0.2) is 4.98 Å². The zero-order valence-corrected chi connectivity index (χ0v) is 14.4. The third kappa shape index (κ3) is 4.98. The molecular weight excluding hydrogens is 346 g/mol. The molecule has 0 aliphatic heterocycles. The van der Waals surface area contributed by atoms with E-state index < -0.39 is 4.92 Å². The van der Waals surface area contributed by atoms with Crippen molar-refractivity contribution in [1.29, 1.82) is 0 Å². The third-order valence-corrected chi connectivity index (χ3v) is 3.43. The van der Waals surface area contributed by atoms with Gasteiger partial charge in [-0.3, -0.25) is 20.5 Å². The van der Waals surface area contributed by atoms with Crippen LogP contribution in [0.2, 0.25) is 0 Å². The second-order valence-electron chi connectivity index (χ2n) is 5.46. The Balaban J connectivity index is 1.84. The number of hydrogen-bond acceptors (Lipinski definition) is 7. The molecule has 0 saturated heterocycles. The minimum atomic E-state index is -0.528. The number of nitrogens with zero attached hydrogens (tertiary/aromatic N) is 6. The number of hydrazone groups is 1. The standard InChI is InChI=1S/C18H15N7O2/c1-13-5-7-14(8-6-13)21-23-18(16-4-2-3-11-19-16)24-22-17-10-9-15(12-20-17)25(26)27/h2-12,21H,1H3. The molecule has 0 radical (unpaired) electrons. The molecule has 9 nitrogen and oxygen atoms in total. The van der Waals surface area contributed by atoms with Gasteiger partial charge in [0.1, 0.15) is 11.9 Å². The van der Waals surface area contributed by atoms with Gasteiger partial charge in [-0.15, -0.1) is 10.2 Å². The Morgan fingerprint density at radius 2 is 1.89 bits per heavy atom. The van der Waals surface area contributed by atoms with Gasteiger partial charge in [0.05, 0.1) is 10.6 Å². The second kappa shape index (κ2) is 8.39. The molecule has 3 aromatic rings. The van der Waals surface area contributed by atoms with Crippen LogP contribution in [-0.2, 0) is 0 Å². The number of benzene rings is 1. The molecule has 0 saturated carbocycles. The van der Waals surface area contributed by atoms with Crippen LogP contribution in [0.25, 0.3) is 0 Å². The fourth-order valence-corrected chi connectivity index (χ4v) is 2.02. The Kier molecular flexibility index (Phi) is 5.53. The largest absolute Gasteiger partial charge is 0.287 e. The van der Waals surface area contributed by atoms with E-state index in [0.717, 1.165) is 17.4 Å². The SMILES string of the molecule is Cc1ccc(NN=C(N=Nc2ccc([N+](=O)[O-])cn2)c2ccccn2)cc1. The number of rotatable bonds is 5. The maximum absolute atomic E-state index is 10.7. The van der Waals surface area contributed by atoms with E-state index in [4.69, 9.17) is 0 Å². The lowest BCUT2D eigenvalue weighted by atomic mass is 10.2. The van der Waals surface area contributed by atoms with Crippen LogP contribution < -0.4 is 5.43 Å². The molecule has 27 heavy (non-hydrogen) atoms. The fraction of sp³-hybridized carbons (Fsp3) is 0.0556. The molecule has 2 aromatic heterocycles. The van der Waals surface area contributed by atoms with Crippen molar-refractivity contribution in [2.24, 2.45) is 15.3 Å². The maximum Gasteiger partial charge on any atom is 0.287 e. The van der Waals surface area contributed by atoms with Gasteiger partial charge in [0.25, 0.3) is 5.69 Å². The summed E-state index contributed by atoms with van der Waals surface area (Å²) < 4.78 is 0. The predicted octanol–water partition coefficient (Wildman–Crippen LogP) is 4.25. The number of nitrogens with one attached hydrogen (secondary N) is 1. The van der Waals surface area contributed by atoms with Gasteiger partial charge in [-0.1, -0.05) is 23.8 Å². The van der Waals surface area contributed by atoms with E-state index >= 15 is 0 Å². The molecule has 134 valence electrons. The normalized spacial score (nSPS) is 11.5. The lowest BCUT2D eigenvalue weighted by Gasteiger charge is -2.03. The highest BCUT2D eigenvalue weighted by Gasteiger charge is 2.07. The number of nitro groups is 1. The summed E-state index contributed by atoms with van der Waals surface area (Å²) in [6.45, 7) is 2.00. The number of aromatic nitrogens is 2. The zero-order chi connectivity index (χ0) is 19.1. The summed E-state index contributed by atoms with van der Waals surface area (Å²) in [7, 11) is 0. The van der Waals surface area contributed by atoms with Crippen molar-refractivity contribution in [2.75, 3.05) is 5.43 Å². The summed E-state index contributed by atoms with van der Waals surface area (Å²) in [5.74, 6) is 0.468. The van der Waals surface area contributed by atoms with Gasteiger partial charge in [-0.2, -0.15) is 5.10 Å². The van der Waals surface area contributed by atoms with E-state index in [-0.39, 0.29) is 17.3 Å². The Morgan fingerprint density at radius 1 is 1.07 bits per heavy atom. The Labute approximate surface area is 154 Å². The Bertz CT molecular complexity index is 969. The molecule has 0 aliphatic rings. The molecule has 0 atom stereocenters. The quantitative estimate of drug-likeness (QED) is 0.239. The molecule has 1 N–H and O–H groups in total. The highest BCUT2D eigenvalue weighted by molar-refractivity contribution is 5.97. The van der Waals surface area contributed by atoms with E-state index in [9.17, 15) is 10.1 Å². The van der Waals surface area contributed by atoms with E-state index in [1.165, 1.54) is 12.1 Å². The van der Waals surface area contributed by atoms with Crippen molar-refractivity contribution in [3.05, 3.63) is 88.4 Å². The van der Waals surface area contributed by atoms with Gasteiger partial charge < -0.3 is 0 Å². The molecule has 3 rings (SSSR count). The molecule has 0 unspecified atom stereocenters. The molecule has 9 heteroatoms. The van der Waals surface area contributed by atoms with Crippen LogP contribution in [0.4, 0.5) is 17.2 Å². The summed E-state index contributed by atoms with van der Waals surface area (Å²) in [6.07, 6.45) is 2.74. The summed E-state index contributed by atoms with van der Waals surface area (Å²) in [4.78, 5) is 18.3. The Morgan fingerprint density at radius 3 is 2.52 bits per heavy atom. The number of aryl methyl sites for hydroxylation is 1. The van der Waals surface area contributed by atoms with Gasteiger partial charge >= 0.3 is 0 Å². The minimum absolute atomic E-state index is 0.117. The lowest BCUT2D eigenvalue weighted by Crippen LogP contribution is -2.03. The highest BCUT2D eigenvalue weighted by Crippen LogP contribution is 2.15. The summed E-state index contributed by atoms with van der Waals surface area (Å²) >= 11 is 0. The van der Waals surface area contributed by atoms with Crippen LogP contribution in [0, 0.1) is 17.0 Å². The van der Waals surface area contributed by atoms with Crippen molar-refractivity contribution < 1.29 is 4.92 Å². The van der Waals surface area contributed by atoms with Gasteiger partial charge in [0.15, 0.2) is 5.82 Å². The molecule has 0 amide bonds. The van der Waals surface area contributed by atoms with E-state index in [2.05, 4.69) is 30.7 Å². The summed E-state index contributed by atoms with van der Waals surface area (Å²) in [5.41, 5.74) is 5.24. The van der Waals surface area contributed by atoms with Crippen molar-refractivity contribution in [1.82, 2.24) is 9.97 Å². The van der Waals surface area contributed by atoms with Crippen LogP contribution in [0.15, 0.2) is 82.3 Å².